The second kappa shape index (κ2) is 7.84. The first-order valence-corrected chi connectivity index (χ1v) is 9.76. The lowest BCUT2D eigenvalue weighted by molar-refractivity contribution is -0.197. The molecule has 0 radical (unpaired) electrons. The average molecular weight is 326 g/mol. The van der Waals surface area contributed by atoms with Crippen LogP contribution < -0.4 is 0 Å². The fourth-order valence-electron chi connectivity index (χ4n) is 4.23. The van der Waals surface area contributed by atoms with Crippen LogP contribution in [0.4, 0.5) is 0 Å². The Morgan fingerprint density at radius 2 is 1.87 bits per heavy atom. The predicted octanol–water partition coefficient (Wildman–Crippen LogP) is 4.70. The van der Waals surface area contributed by atoms with E-state index in [-0.39, 0.29) is 5.79 Å². The maximum Gasteiger partial charge on any atom is 0.168 e. The van der Waals surface area contributed by atoms with Crippen molar-refractivity contribution in [3.8, 4) is 0 Å². The molecule has 3 heteroatoms. The van der Waals surface area contributed by atoms with Crippen LogP contribution in [0.25, 0.3) is 0 Å². The molecule has 0 amide bonds. The molecule has 0 N–H and O–H groups in total. The molecule has 1 unspecified atom stereocenters. The van der Waals surface area contributed by atoms with Gasteiger partial charge >= 0.3 is 0 Å². The third-order valence-electron chi connectivity index (χ3n) is 6.19. The van der Waals surface area contributed by atoms with Gasteiger partial charge in [0, 0.05) is 25.9 Å². The van der Waals surface area contributed by atoms with Crippen LogP contribution in [0.5, 0.6) is 0 Å². The number of rotatable bonds is 7. The smallest absolute Gasteiger partial charge is 0.168 e. The first-order valence-electron chi connectivity index (χ1n) is 9.76. The summed E-state index contributed by atoms with van der Waals surface area (Å²) in [6.45, 7) is 14.8. The summed E-state index contributed by atoms with van der Waals surface area (Å²) in [6, 6.07) is 0. The van der Waals surface area contributed by atoms with Gasteiger partial charge in [-0.25, -0.2) is 0 Å². The van der Waals surface area contributed by atoms with Crippen molar-refractivity contribution in [3.63, 3.8) is 0 Å². The summed E-state index contributed by atoms with van der Waals surface area (Å²) in [5.74, 6) is 1.30. The van der Waals surface area contributed by atoms with Crippen LogP contribution in [0.2, 0.25) is 0 Å². The lowest BCUT2D eigenvalue weighted by atomic mass is 9.68. The molecule has 0 aromatic rings. The molecule has 0 aromatic heterocycles. The van der Waals surface area contributed by atoms with E-state index in [1.165, 1.54) is 19.3 Å². The van der Waals surface area contributed by atoms with Crippen molar-refractivity contribution in [3.05, 3.63) is 0 Å². The molecular weight excluding hydrogens is 286 g/mol. The van der Waals surface area contributed by atoms with Crippen molar-refractivity contribution in [2.24, 2.45) is 17.3 Å². The lowest BCUT2D eigenvalue weighted by Gasteiger charge is -2.42. The SMILES string of the molecule is CCC(C)(C)C1CCC2(CC1)OCC(CCN(C)CC(C)C)O2. The molecule has 1 saturated heterocycles. The van der Waals surface area contributed by atoms with Crippen LogP contribution >= 0.6 is 0 Å². The fourth-order valence-corrected chi connectivity index (χ4v) is 4.23. The Kier molecular flexibility index (Phi) is 6.55. The topological polar surface area (TPSA) is 21.7 Å². The Bertz CT molecular complexity index is 359. The quantitative estimate of drug-likeness (QED) is 0.677. The summed E-state index contributed by atoms with van der Waals surface area (Å²) in [7, 11) is 2.21. The van der Waals surface area contributed by atoms with Crippen LogP contribution in [0.1, 0.15) is 73.1 Å². The van der Waals surface area contributed by atoms with Gasteiger partial charge in [0.25, 0.3) is 0 Å². The van der Waals surface area contributed by atoms with Gasteiger partial charge in [0.1, 0.15) is 0 Å². The van der Waals surface area contributed by atoms with E-state index < -0.39 is 0 Å². The third-order valence-corrected chi connectivity index (χ3v) is 6.19. The van der Waals surface area contributed by atoms with Gasteiger partial charge in [-0.3, -0.25) is 0 Å². The molecule has 1 atom stereocenters. The molecule has 23 heavy (non-hydrogen) atoms. The summed E-state index contributed by atoms with van der Waals surface area (Å²) in [4.78, 5) is 2.42. The molecule has 136 valence electrons. The zero-order chi connectivity index (χ0) is 17.1. The standard InChI is InChI=1S/C20H39NO2/c1-7-19(4,5)17-8-11-20(12-9-17)22-15-18(23-20)10-13-21(6)14-16(2)3/h16-18H,7-15H2,1-6H3. The van der Waals surface area contributed by atoms with Crippen molar-refractivity contribution < 1.29 is 9.47 Å². The number of hydrogen-bond donors (Lipinski definition) is 0. The van der Waals surface area contributed by atoms with Crippen LogP contribution in [0.3, 0.4) is 0 Å². The monoisotopic (exact) mass is 325 g/mol. The summed E-state index contributed by atoms with van der Waals surface area (Å²) in [5, 5.41) is 0. The zero-order valence-corrected chi connectivity index (χ0v) is 16.4. The van der Waals surface area contributed by atoms with Crippen molar-refractivity contribution >= 4 is 0 Å². The molecule has 1 aliphatic carbocycles. The highest BCUT2D eigenvalue weighted by Gasteiger charge is 2.46. The van der Waals surface area contributed by atoms with Gasteiger partial charge in [-0.05, 0) is 43.6 Å². The molecule has 0 bridgehead atoms. The highest BCUT2D eigenvalue weighted by atomic mass is 16.7. The van der Waals surface area contributed by atoms with Crippen molar-refractivity contribution in [1.29, 1.82) is 0 Å². The molecular formula is C20H39NO2. The maximum atomic E-state index is 6.39. The van der Waals surface area contributed by atoms with Crippen LogP contribution in [0.15, 0.2) is 0 Å². The molecule has 2 aliphatic rings. The van der Waals surface area contributed by atoms with Gasteiger partial charge in [0.05, 0.1) is 12.7 Å². The van der Waals surface area contributed by atoms with Crippen molar-refractivity contribution in [2.75, 3.05) is 26.7 Å². The van der Waals surface area contributed by atoms with Crippen molar-refractivity contribution in [2.45, 2.75) is 85.0 Å². The molecule has 1 aliphatic heterocycles. The van der Waals surface area contributed by atoms with E-state index in [4.69, 9.17) is 9.47 Å². The van der Waals surface area contributed by atoms with Crippen LogP contribution in [-0.2, 0) is 9.47 Å². The highest BCUT2D eigenvalue weighted by molar-refractivity contribution is 4.89. The van der Waals surface area contributed by atoms with Gasteiger partial charge in [-0.15, -0.1) is 0 Å². The van der Waals surface area contributed by atoms with E-state index in [2.05, 4.69) is 46.6 Å². The van der Waals surface area contributed by atoms with E-state index in [9.17, 15) is 0 Å². The summed E-state index contributed by atoms with van der Waals surface area (Å²) < 4.78 is 12.6. The molecule has 2 fully saturated rings. The summed E-state index contributed by atoms with van der Waals surface area (Å²) in [6.07, 6.45) is 7.31. The lowest BCUT2D eigenvalue weighted by Crippen LogP contribution is -2.39. The van der Waals surface area contributed by atoms with Crippen molar-refractivity contribution in [1.82, 2.24) is 4.90 Å². The second-order valence-corrected chi connectivity index (χ2v) is 9.02. The predicted molar refractivity (Wildman–Crippen MR) is 96.5 cm³/mol. The number of nitrogens with zero attached hydrogens (tertiary/aromatic N) is 1. The minimum Gasteiger partial charge on any atom is -0.347 e. The van der Waals surface area contributed by atoms with E-state index >= 15 is 0 Å². The first kappa shape index (κ1) is 19.2. The number of hydrogen-bond acceptors (Lipinski definition) is 3. The zero-order valence-electron chi connectivity index (χ0n) is 16.4. The van der Waals surface area contributed by atoms with E-state index in [0.29, 0.717) is 11.5 Å². The van der Waals surface area contributed by atoms with Crippen LogP contribution in [0, 0.1) is 17.3 Å². The van der Waals surface area contributed by atoms with Gasteiger partial charge in [0.15, 0.2) is 5.79 Å². The van der Waals surface area contributed by atoms with E-state index in [1.54, 1.807) is 0 Å². The Labute approximate surface area is 144 Å². The van der Waals surface area contributed by atoms with Gasteiger partial charge in [-0.1, -0.05) is 41.0 Å². The second-order valence-electron chi connectivity index (χ2n) is 9.02. The maximum absolute atomic E-state index is 6.39. The molecule has 1 spiro atoms. The van der Waals surface area contributed by atoms with Gasteiger partial charge in [-0.2, -0.15) is 0 Å². The summed E-state index contributed by atoms with van der Waals surface area (Å²) in [5.41, 5.74) is 0.458. The Morgan fingerprint density at radius 1 is 1.22 bits per heavy atom. The Hall–Kier alpha value is -0.120. The number of ether oxygens (including phenoxy) is 2. The Morgan fingerprint density at radius 3 is 2.43 bits per heavy atom. The average Bonchev–Trinajstić information content (AvgIpc) is 2.88. The molecule has 1 saturated carbocycles. The normalized spacial score (nSPS) is 32.3. The van der Waals surface area contributed by atoms with Gasteiger partial charge in [0.2, 0.25) is 0 Å². The van der Waals surface area contributed by atoms with E-state index in [0.717, 1.165) is 50.8 Å². The highest BCUT2D eigenvalue weighted by Crippen LogP contribution is 2.47. The van der Waals surface area contributed by atoms with Crippen LogP contribution in [-0.4, -0.2) is 43.5 Å². The van der Waals surface area contributed by atoms with E-state index in [1.807, 2.05) is 0 Å². The fraction of sp³-hybridized carbons (Fsp3) is 1.00. The third kappa shape index (κ3) is 5.17. The largest absolute Gasteiger partial charge is 0.347 e. The summed E-state index contributed by atoms with van der Waals surface area (Å²) >= 11 is 0. The molecule has 1 heterocycles. The minimum atomic E-state index is -0.248. The molecule has 3 nitrogen and oxygen atoms in total. The van der Waals surface area contributed by atoms with Gasteiger partial charge < -0.3 is 14.4 Å². The Balaban J connectivity index is 1.75. The molecule has 0 aromatic carbocycles. The minimum absolute atomic E-state index is 0.248. The molecule has 2 rings (SSSR count). The first-order chi connectivity index (χ1) is 10.8.